The first-order valence-electron chi connectivity index (χ1n) is 11.1. The van der Waals surface area contributed by atoms with Crippen molar-refractivity contribution in [1.29, 1.82) is 0 Å². The molecule has 0 saturated carbocycles. The van der Waals surface area contributed by atoms with Gasteiger partial charge in [0.1, 0.15) is 6.04 Å². The van der Waals surface area contributed by atoms with Crippen LogP contribution in [0.3, 0.4) is 0 Å². The van der Waals surface area contributed by atoms with Crippen molar-refractivity contribution in [2.45, 2.75) is 44.7 Å². The second kappa shape index (κ2) is 9.57. The normalized spacial score (nSPS) is 22.2. The summed E-state index contributed by atoms with van der Waals surface area (Å²) in [5, 5.41) is 9.22. The Morgan fingerprint density at radius 3 is 2.70 bits per heavy atom. The van der Waals surface area contributed by atoms with Crippen LogP contribution in [0.5, 0.6) is 0 Å². The molecule has 1 aromatic rings. The summed E-state index contributed by atoms with van der Waals surface area (Å²) in [5.41, 5.74) is 2.58. The highest BCUT2D eigenvalue weighted by Gasteiger charge is 2.39. The Morgan fingerprint density at radius 2 is 1.90 bits per heavy atom. The average Bonchev–Trinajstić information content (AvgIpc) is 3.08. The fourth-order valence-electron chi connectivity index (χ4n) is 4.55. The Morgan fingerprint density at radius 1 is 1.07 bits per heavy atom. The van der Waals surface area contributed by atoms with Gasteiger partial charge in [-0.2, -0.15) is 0 Å². The van der Waals surface area contributed by atoms with Crippen LogP contribution in [-0.2, 0) is 16.1 Å². The maximum Gasteiger partial charge on any atom is 0.255 e. The number of carbonyl (C=O) groups is 3. The maximum atomic E-state index is 12.9. The lowest BCUT2D eigenvalue weighted by Crippen LogP contribution is -2.52. The zero-order chi connectivity index (χ0) is 20.9. The van der Waals surface area contributed by atoms with Crippen LogP contribution in [0.25, 0.3) is 0 Å². The molecule has 2 fully saturated rings. The third-order valence-corrected chi connectivity index (χ3v) is 6.26. The van der Waals surface area contributed by atoms with Crippen LogP contribution in [0.4, 0.5) is 5.69 Å². The fraction of sp³-hybridized carbons (Fsp3) is 0.591. The van der Waals surface area contributed by atoms with E-state index in [1.165, 1.54) is 12.8 Å². The second-order valence-electron chi connectivity index (χ2n) is 8.31. The molecule has 1 unspecified atom stereocenters. The zero-order valence-electron chi connectivity index (χ0n) is 17.4. The standard InChI is InChI=1S/C22H31N5O3/c28-20-8-7-19(21(29)25-20)27-15-17-16(22(27)30)5-4-6-18(17)24-9-2-1-3-12-26-13-10-23-11-14-26/h4-6,19,23-24H,1-3,7-15H2,(H,25,28,29). The topological polar surface area (TPSA) is 93.8 Å². The number of hydrogen-bond donors (Lipinski definition) is 3. The smallest absolute Gasteiger partial charge is 0.255 e. The minimum Gasteiger partial charge on any atom is -0.385 e. The van der Waals surface area contributed by atoms with Gasteiger partial charge in [-0.05, 0) is 37.9 Å². The minimum absolute atomic E-state index is 0.126. The van der Waals surface area contributed by atoms with Gasteiger partial charge >= 0.3 is 0 Å². The van der Waals surface area contributed by atoms with Gasteiger partial charge in [0.25, 0.3) is 5.91 Å². The van der Waals surface area contributed by atoms with Crippen LogP contribution in [0.15, 0.2) is 18.2 Å². The summed E-state index contributed by atoms with van der Waals surface area (Å²) in [6, 6.07) is 5.14. The summed E-state index contributed by atoms with van der Waals surface area (Å²) < 4.78 is 0. The van der Waals surface area contributed by atoms with Crippen molar-refractivity contribution >= 4 is 23.4 Å². The first kappa shape index (κ1) is 20.8. The molecule has 4 rings (SSSR count). The lowest BCUT2D eigenvalue weighted by Gasteiger charge is -2.29. The molecule has 1 atom stereocenters. The highest BCUT2D eigenvalue weighted by atomic mass is 16.2. The number of benzene rings is 1. The van der Waals surface area contributed by atoms with Gasteiger partial charge in [0.05, 0.1) is 0 Å². The first-order valence-corrected chi connectivity index (χ1v) is 11.1. The zero-order valence-corrected chi connectivity index (χ0v) is 17.4. The molecule has 3 aliphatic rings. The number of piperidine rings is 1. The molecule has 0 aromatic heterocycles. The summed E-state index contributed by atoms with van der Waals surface area (Å²) >= 11 is 0. The van der Waals surface area contributed by atoms with Gasteiger partial charge < -0.3 is 20.4 Å². The Labute approximate surface area is 177 Å². The third-order valence-electron chi connectivity index (χ3n) is 6.26. The molecule has 162 valence electrons. The summed E-state index contributed by atoms with van der Waals surface area (Å²) in [6.07, 6.45) is 4.13. The quantitative estimate of drug-likeness (QED) is 0.434. The molecular formula is C22H31N5O3. The molecule has 0 bridgehead atoms. The molecule has 8 nitrogen and oxygen atoms in total. The molecule has 0 spiro atoms. The van der Waals surface area contributed by atoms with E-state index in [9.17, 15) is 14.4 Å². The number of amides is 3. The molecule has 0 aliphatic carbocycles. The Hall–Kier alpha value is -2.45. The maximum absolute atomic E-state index is 12.9. The minimum atomic E-state index is -0.569. The number of carbonyl (C=O) groups excluding carboxylic acids is 3. The summed E-state index contributed by atoms with van der Waals surface area (Å²) in [5.74, 6) is -0.759. The number of nitrogens with zero attached hydrogens (tertiary/aromatic N) is 2. The monoisotopic (exact) mass is 413 g/mol. The van der Waals surface area contributed by atoms with E-state index in [4.69, 9.17) is 0 Å². The van der Waals surface area contributed by atoms with Crippen LogP contribution < -0.4 is 16.0 Å². The molecule has 2 saturated heterocycles. The van der Waals surface area contributed by atoms with Crippen LogP contribution in [0.2, 0.25) is 0 Å². The lowest BCUT2D eigenvalue weighted by molar-refractivity contribution is -0.136. The van der Waals surface area contributed by atoms with Crippen molar-refractivity contribution < 1.29 is 14.4 Å². The number of hydrogen-bond acceptors (Lipinski definition) is 6. The van der Waals surface area contributed by atoms with Crippen molar-refractivity contribution in [3.05, 3.63) is 29.3 Å². The summed E-state index contributed by atoms with van der Waals surface area (Å²) in [6.45, 7) is 6.91. The van der Waals surface area contributed by atoms with Gasteiger partial charge in [0, 0.05) is 62.5 Å². The van der Waals surface area contributed by atoms with Crippen molar-refractivity contribution in [2.24, 2.45) is 0 Å². The predicted molar refractivity (Wildman–Crippen MR) is 114 cm³/mol. The number of nitrogens with one attached hydrogen (secondary N) is 3. The fourth-order valence-corrected chi connectivity index (χ4v) is 4.55. The Kier molecular flexibility index (Phi) is 6.64. The number of fused-ring (bicyclic) bond motifs is 1. The van der Waals surface area contributed by atoms with E-state index in [2.05, 4.69) is 20.9 Å². The molecule has 3 aliphatic heterocycles. The van der Waals surface area contributed by atoms with E-state index in [1.807, 2.05) is 18.2 Å². The summed E-state index contributed by atoms with van der Waals surface area (Å²) in [7, 11) is 0. The number of unbranched alkanes of at least 4 members (excludes halogenated alkanes) is 2. The Bertz CT molecular complexity index is 806. The van der Waals surface area contributed by atoms with E-state index >= 15 is 0 Å². The van der Waals surface area contributed by atoms with Crippen LogP contribution in [-0.4, -0.2) is 72.8 Å². The molecule has 3 N–H and O–H groups in total. The highest BCUT2D eigenvalue weighted by Crippen LogP contribution is 2.32. The third kappa shape index (κ3) is 4.65. The molecular weight excluding hydrogens is 382 g/mol. The number of piperazine rings is 1. The van der Waals surface area contributed by atoms with Gasteiger partial charge in [-0.25, -0.2) is 0 Å². The van der Waals surface area contributed by atoms with Gasteiger partial charge in [0.15, 0.2) is 0 Å². The average molecular weight is 414 g/mol. The number of rotatable bonds is 8. The molecule has 30 heavy (non-hydrogen) atoms. The van der Waals surface area contributed by atoms with Gasteiger partial charge in [-0.1, -0.05) is 12.5 Å². The first-order chi connectivity index (χ1) is 14.6. The molecule has 8 heteroatoms. The van der Waals surface area contributed by atoms with Crippen LogP contribution in [0, 0.1) is 0 Å². The van der Waals surface area contributed by atoms with E-state index in [0.717, 1.165) is 56.9 Å². The van der Waals surface area contributed by atoms with E-state index < -0.39 is 6.04 Å². The van der Waals surface area contributed by atoms with Crippen molar-refractivity contribution in [2.75, 3.05) is 44.6 Å². The highest BCUT2D eigenvalue weighted by molar-refractivity contribution is 6.06. The van der Waals surface area contributed by atoms with Crippen molar-refractivity contribution in [1.82, 2.24) is 20.4 Å². The number of anilines is 1. The largest absolute Gasteiger partial charge is 0.385 e. The van der Waals surface area contributed by atoms with E-state index in [1.54, 1.807) is 4.90 Å². The second-order valence-corrected chi connectivity index (χ2v) is 8.31. The van der Waals surface area contributed by atoms with Crippen molar-refractivity contribution in [3.8, 4) is 0 Å². The van der Waals surface area contributed by atoms with Gasteiger partial charge in [0.2, 0.25) is 11.8 Å². The molecule has 0 radical (unpaired) electrons. The predicted octanol–water partition coefficient (Wildman–Crippen LogP) is 0.935. The number of imide groups is 1. The molecule has 3 heterocycles. The molecule has 1 aromatic carbocycles. The summed E-state index contributed by atoms with van der Waals surface area (Å²) in [4.78, 5) is 40.6. The van der Waals surface area contributed by atoms with Gasteiger partial charge in [-0.15, -0.1) is 0 Å². The van der Waals surface area contributed by atoms with E-state index in [-0.39, 0.29) is 24.1 Å². The Balaban J connectivity index is 1.27. The lowest BCUT2D eigenvalue weighted by atomic mass is 10.0. The SMILES string of the molecule is O=C1CCC(N2Cc3c(NCCCCCN4CCNCC4)cccc3C2=O)C(=O)N1. The molecule has 3 amide bonds. The van der Waals surface area contributed by atoms with Crippen molar-refractivity contribution in [3.63, 3.8) is 0 Å². The van der Waals surface area contributed by atoms with E-state index in [0.29, 0.717) is 18.5 Å². The van der Waals surface area contributed by atoms with Crippen LogP contribution in [0.1, 0.15) is 48.0 Å². The van der Waals surface area contributed by atoms with Crippen LogP contribution >= 0.6 is 0 Å². The van der Waals surface area contributed by atoms with Gasteiger partial charge in [-0.3, -0.25) is 19.7 Å².